The van der Waals surface area contributed by atoms with E-state index in [4.69, 9.17) is 23.7 Å². The molecule has 1 aliphatic heterocycles. The Bertz CT molecular complexity index is 776. The van der Waals surface area contributed by atoms with Crippen molar-refractivity contribution in [3.05, 3.63) is 27.8 Å². The van der Waals surface area contributed by atoms with Gasteiger partial charge >= 0.3 is 18.1 Å². The van der Waals surface area contributed by atoms with E-state index in [-0.39, 0.29) is 35.8 Å². The summed E-state index contributed by atoms with van der Waals surface area (Å²) in [6.45, 7) is -1.21. The van der Waals surface area contributed by atoms with Gasteiger partial charge in [-0.3, -0.25) is 10.1 Å². The highest BCUT2D eigenvalue weighted by Gasteiger charge is 2.30. The summed E-state index contributed by atoms with van der Waals surface area (Å²) in [7, 11) is 2.68. The SMILES string of the molecule is COc1cc(COC(=O)OCCC2OC(=O)COC2=O)c([N+](=O)[O-])cc1OC. The maximum absolute atomic E-state index is 11.7. The lowest BCUT2D eigenvalue weighted by molar-refractivity contribution is -0.385. The molecular formula is C16H17NO11. The van der Waals surface area contributed by atoms with Crippen LogP contribution in [-0.2, 0) is 35.1 Å². The number of benzene rings is 1. The fourth-order valence-corrected chi connectivity index (χ4v) is 2.26. The Morgan fingerprint density at radius 3 is 2.54 bits per heavy atom. The Hall–Kier alpha value is -3.57. The molecule has 152 valence electrons. The molecule has 1 aliphatic rings. The number of hydrogen-bond donors (Lipinski definition) is 0. The highest BCUT2D eigenvalue weighted by Crippen LogP contribution is 2.34. The quantitative estimate of drug-likeness (QED) is 0.268. The van der Waals surface area contributed by atoms with Gasteiger partial charge in [0.2, 0.25) is 6.10 Å². The molecular weight excluding hydrogens is 382 g/mol. The number of cyclic esters (lactones) is 2. The van der Waals surface area contributed by atoms with E-state index in [1.54, 1.807) is 0 Å². The van der Waals surface area contributed by atoms with E-state index in [1.165, 1.54) is 20.3 Å². The second-order valence-corrected chi connectivity index (χ2v) is 5.36. The summed E-state index contributed by atoms with van der Waals surface area (Å²) in [5.41, 5.74) is -0.272. The van der Waals surface area contributed by atoms with Gasteiger partial charge in [0, 0.05) is 6.42 Å². The number of methoxy groups -OCH3 is 2. The zero-order valence-electron chi connectivity index (χ0n) is 15.0. The minimum absolute atomic E-state index is 0.0596. The van der Waals surface area contributed by atoms with E-state index < -0.39 is 42.3 Å². The molecule has 0 radical (unpaired) electrons. The molecule has 0 N–H and O–H groups in total. The normalized spacial score (nSPS) is 15.9. The Morgan fingerprint density at radius 2 is 1.89 bits per heavy atom. The molecule has 1 aromatic rings. The van der Waals surface area contributed by atoms with Crippen LogP contribution in [0.1, 0.15) is 12.0 Å². The number of rotatable bonds is 8. The second-order valence-electron chi connectivity index (χ2n) is 5.36. The fraction of sp³-hybridized carbons (Fsp3) is 0.438. The first-order valence-electron chi connectivity index (χ1n) is 7.90. The predicted molar refractivity (Wildman–Crippen MR) is 87.8 cm³/mol. The van der Waals surface area contributed by atoms with Gasteiger partial charge in [-0.25, -0.2) is 14.4 Å². The molecule has 0 aromatic heterocycles. The number of esters is 2. The first kappa shape index (κ1) is 20.7. The van der Waals surface area contributed by atoms with E-state index >= 15 is 0 Å². The third kappa shape index (κ3) is 5.22. The van der Waals surface area contributed by atoms with Crippen molar-refractivity contribution in [1.82, 2.24) is 0 Å². The number of nitro groups is 1. The van der Waals surface area contributed by atoms with Crippen molar-refractivity contribution in [3.63, 3.8) is 0 Å². The Balaban J connectivity index is 1.90. The summed E-state index contributed by atoms with van der Waals surface area (Å²) in [6, 6.07) is 2.45. The molecule has 12 nitrogen and oxygen atoms in total. The average molecular weight is 399 g/mol. The highest BCUT2D eigenvalue weighted by atomic mass is 16.7. The zero-order valence-corrected chi connectivity index (χ0v) is 15.0. The Labute approximate surface area is 158 Å². The third-order valence-electron chi connectivity index (χ3n) is 3.60. The molecule has 28 heavy (non-hydrogen) atoms. The summed E-state index contributed by atoms with van der Waals surface area (Å²) < 4.78 is 29.0. The first-order chi connectivity index (χ1) is 13.3. The van der Waals surface area contributed by atoms with E-state index in [1.807, 2.05) is 0 Å². The van der Waals surface area contributed by atoms with Crippen LogP contribution in [0.4, 0.5) is 10.5 Å². The number of carbonyl (C=O) groups is 3. The lowest BCUT2D eigenvalue weighted by Crippen LogP contribution is -2.38. The molecule has 1 saturated heterocycles. The lowest BCUT2D eigenvalue weighted by Gasteiger charge is -2.20. The van der Waals surface area contributed by atoms with Gasteiger partial charge in [0.25, 0.3) is 5.69 Å². The van der Waals surface area contributed by atoms with Crippen molar-refractivity contribution in [1.29, 1.82) is 0 Å². The van der Waals surface area contributed by atoms with E-state index in [0.717, 1.165) is 6.07 Å². The predicted octanol–water partition coefficient (Wildman–Crippen LogP) is 1.12. The molecule has 0 bridgehead atoms. The topological polar surface area (TPSA) is 150 Å². The molecule has 1 heterocycles. The van der Waals surface area contributed by atoms with Gasteiger partial charge in [0.1, 0.15) is 6.61 Å². The molecule has 0 amide bonds. The molecule has 1 atom stereocenters. The Morgan fingerprint density at radius 1 is 1.21 bits per heavy atom. The first-order valence-corrected chi connectivity index (χ1v) is 7.90. The number of ether oxygens (including phenoxy) is 6. The van der Waals surface area contributed by atoms with Crippen LogP contribution in [-0.4, -0.2) is 56.6 Å². The number of nitrogens with zero attached hydrogens (tertiary/aromatic N) is 1. The lowest BCUT2D eigenvalue weighted by atomic mass is 10.1. The van der Waals surface area contributed by atoms with Crippen molar-refractivity contribution < 1.29 is 47.7 Å². The van der Waals surface area contributed by atoms with Crippen LogP contribution in [0.5, 0.6) is 11.5 Å². The smallest absolute Gasteiger partial charge is 0.493 e. The monoisotopic (exact) mass is 399 g/mol. The van der Waals surface area contributed by atoms with Crippen molar-refractivity contribution >= 4 is 23.8 Å². The molecule has 1 aromatic carbocycles. The fourth-order valence-electron chi connectivity index (χ4n) is 2.26. The van der Waals surface area contributed by atoms with Crippen LogP contribution in [0.3, 0.4) is 0 Å². The maximum Gasteiger partial charge on any atom is 0.508 e. The summed E-state index contributed by atoms with van der Waals surface area (Å²) >= 11 is 0. The van der Waals surface area contributed by atoms with Crippen LogP contribution in [0.25, 0.3) is 0 Å². The summed E-state index contributed by atoms with van der Waals surface area (Å²) in [5.74, 6) is -1.07. The van der Waals surface area contributed by atoms with Crippen molar-refractivity contribution in [2.75, 3.05) is 27.4 Å². The van der Waals surface area contributed by atoms with E-state index in [2.05, 4.69) is 4.74 Å². The average Bonchev–Trinajstić information content (AvgIpc) is 2.68. The molecule has 0 saturated carbocycles. The van der Waals surface area contributed by atoms with Crippen molar-refractivity contribution in [2.24, 2.45) is 0 Å². The van der Waals surface area contributed by atoms with Crippen LogP contribution in [0.15, 0.2) is 12.1 Å². The number of hydrogen-bond acceptors (Lipinski definition) is 11. The van der Waals surface area contributed by atoms with Gasteiger partial charge in [-0.15, -0.1) is 0 Å². The Kier molecular flexibility index (Phi) is 6.96. The minimum Gasteiger partial charge on any atom is -0.493 e. The highest BCUT2D eigenvalue weighted by molar-refractivity contribution is 5.85. The van der Waals surface area contributed by atoms with Crippen molar-refractivity contribution in [2.45, 2.75) is 19.1 Å². The molecule has 12 heteroatoms. The minimum atomic E-state index is -1.17. The van der Waals surface area contributed by atoms with Crippen molar-refractivity contribution in [3.8, 4) is 11.5 Å². The van der Waals surface area contributed by atoms with E-state index in [0.29, 0.717) is 0 Å². The summed E-state index contributed by atoms with van der Waals surface area (Å²) in [6.07, 6.45) is -2.41. The van der Waals surface area contributed by atoms with E-state index in [9.17, 15) is 24.5 Å². The van der Waals surface area contributed by atoms with Gasteiger partial charge < -0.3 is 28.4 Å². The molecule has 1 fully saturated rings. The number of nitro benzene ring substituents is 1. The van der Waals surface area contributed by atoms with Crippen LogP contribution >= 0.6 is 0 Å². The van der Waals surface area contributed by atoms with Gasteiger partial charge in [-0.2, -0.15) is 0 Å². The molecule has 0 spiro atoms. The van der Waals surface area contributed by atoms with Gasteiger partial charge in [0.15, 0.2) is 18.1 Å². The molecule has 1 unspecified atom stereocenters. The molecule has 2 rings (SSSR count). The van der Waals surface area contributed by atoms with Crippen LogP contribution < -0.4 is 9.47 Å². The standard InChI is InChI=1S/C16H17NO11/c1-23-12-5-9(10(17(21)22)6-13(12)24-2)7-27-16(20)25-4-3-11-15(19)26-8-14(18)28-11/h5-6,11H,3-4,7-8H2,1-2H3. The largest absolute Gasteiger partial charge is 0.508 e. The molecule has 0 aliphatic carbocycles. The van der Waals surface area contributed by atoms with Crippen LogP contribution in [0, 0.1) is 10.1 Å². The maximum atomic E-state index is 11.7. The summed E-state index contributed by atoms with van der Waals surface area (Å²) in [5, 5.41) is 11.2. The number of carbonyl (C=O) groups excluding carboxylic acids is 3. The second kappa shape index (κ2) is 9.39. The summed E-state index contributed by atoms with van der Waals surface area (Å²) in [4.78, 5) is 44.6. The van der Waals surface area contributed by atoms with Crippen LogP contribution in [0.2, 0.25) is 0 Å². The third-order valence-corrected chi connectivity index (χ3v) is 3.60. The van der Waals surface area contributed by atoms with Gasteiger partial charge in [-0.1, -0.05) is 0 Å². The van der Waals surface area contributed by atoms with Gasteiger partial charge in [-0.05, 0) is 6.07 Å². The van der Waals surface area contributed by atoms with Gasteiger partial charge in [0.05, 0.1) is 37.4 Å². The zero-order chi connectivity index (χ0) is 20.7.